The van der Waals surface area contributed by atoms with E-state index in [0.29, 0.717) is 6.07 Å². The van der Waals surface area contributed by atoms with Gasteiger partial charge in [-0.2, -0.15) is 13.2 Å². The van der Waals surface area contributed by atoms with Crippen LogP contribution in [0.5, 0.6) is 0 Å². The first-order valence-electron chi connectivity index (χ1n) is 7.62. The van der Waals surface area contributed by atoms with E-state index < -0.39 is 41.3 Å². The summed E-state index contributed by atoms with van der Waals surface area (Å²) in [6.45, 7) is -1.41. The quantitative estimate of drug-likeness (QED) is 0.658. The van der Waals surface area contributed by atoms with E-state index in [1.807, 2.05) is 5.32 Å². The molecule has 146 valence electrons. The van der Waals surface area contributed by atoms with Crippen molar-refractivity contribution in [1.29, 1.82) is 0 Å². The lowest BCUT2D eigenvalue weighted by molar-refractivity contribution is -0.115. The van der Waals surface area contributed by atoms with E-state index in [9.17, 15) is 36.6 Å². The monoisotopic (exact) mass is 399 g/mol. The molecule has 0 unspecified atom stereocenters. The smallest absolute Gasteiger partial charge is 0.405 e. The third kappa shape index (κ3) is 3.77. The van der Waals surface area contributed by atoms with Gasteiger partial charge in [-0.05, 0) is 24.3 Å². The lowest BCUT2D eigenvalue weighted by atomic mass is 10.1. The maximum atomic E-state index is 14.2. The number of hydrogen-bond acceptors (Lipinski definition) is 4. The summed E-state index contributed by atoms with van der Waals surface area (Å²) in [5.41, 5.74) is -2.30. The van der Waals surface area contributed by atoms with Crippen LogP contribution in [-0.2, 0) is 0 Å². The third-order valence-electron chi connectivity index (χ3n) is 3.72. The summed E-state index contributed by atoms with van der Waals surface area (Å²) in [5.74, 6) is -3.85. The van der Waals surface area contributed by atoms with Crippen LogP contribution in [0, 0.1) is 11.6 Å². The Hall–Kier alpha value is -3.50. The Morgan fingerprint density at radius 2 is 1.89 bits per heavy atom. The summed E-state index contributed by atoms with van der Waals surface area (Å²) in [5, 5.41) is 11.0. The van der Waals surface area contributed by atoms with Crippen molar-refractivity contribution in [2.75, 3.05) is 11.9 Å². The molecule has 28 heavy (non-hydrogen) atoms. The van der Waals surface area contributed by atoms with Gasteiger partial charge in [0.1, 0.15) is 29.6 Å². The van der Waals surface area contributed by atoms with Gasteiger partial charge in [0.25, 0.3) is 0 Å². The number of carboxylic acid groups (broad SMARTS) is 1. The van der Waals surface area contributed by atoms with E-state index in [0.717, 1.165) is 35.0 Å². The van der Waals surface area contributed by atoms with Crippen LogP contribution >= 0.6 is 0 Å². The third-order valence-corrected chi connectivity index (χ3v) is 3.72. The van der Waals surface area contributed by atoms with Gasteiger partial charge in [-0.15, -0.1) is 0 Å². The molecule has 0 spiro atoms. The minimum Gasteiger partial charge on any atom is -0.477 e. The van der Waals surface area contributed by atoms with Gasteiger partial charge in [0.15, 0.2) is 5.65 Å². The number of carbonyl (C=O) groups is 1. The zero-order chi connectivity index (χ0) is 20.6. The molecular formula is C17H10F5N3O3. The topological polar surface area (TPSA) is 84.2 Å². The second kappa shape index (κ2) is 6.91. The lowest BCUT2D eigenvalue weighted by Gasteiger charge is -2.14. The molecule has 2 heterocycles. The molecule has 0 amide bonds. The van der Waals surface area contributed by atoms with E-state index in [1.54, 1.807) is 0 Å². The predicted octanol–water partition coefficient (Wildman–Crippen LogP) is 3.34. The Balaban J connectivity index is 2.28. The molecule has 6 nitrogen and oxygen atoms in total. The summed E-state index contributed by atoms with van der Waals surface area (Å²) in [4.78, 5) is 27.6. The van der Waals surface area contributed by atoms with Crippen LogP contribution in [0.4, 0.5) is 27.8 Å². The van der Waals surface area contributed by atoms with Crippen LogP contribution in [0.1, 0.15) is 10.4 Å². The lowest BCUT2D eigenvalue weighted by Crippen LogP contribution is -2.23. The van der Waals surface area contributed by atoms with Gasteiger partial charge in [0.05, 0.1) is 11.1 Å². The molecule has 11 heteroatoms. The van der Waals surface area contributed by atoms with E-state index in [1.165, 1.54) is 0 Å². The number of nitrogens with zero attached hydrogens (tertiary/aromatic N) is 2. The molecule has 3 aromatic rings. The van der Waals surface area contributed by atoms with Gasteiger partial charge >= 0.3 is 12.1 Å². The highest BCUT2D eigenvalue weighted by Crippen LogP contribution is 2.22. The number of benzene rings is 1. The normalized spacial score (nSPS) is 11.6. The zero-order valence-electron chi connectivity index (χ0n) is 13.7. The molecule has 2 N–H and O–H groups in total. The van der Waals surface area contributed by atoms with Crippen LogP contribution in [0.25, 0.3) is 16.7 Å². The highest BCUT2D eigenvalue weighted by atomic mass is 19.4. The van der Waals surface area contributed by atoms with Crippen molar-refractivity contribution in [3.05, 3.63) is 63.9 Å². The number of aromatic nitrogens is 2. The van der Waals surface area contributed by atoms with Crippen LogP contribution in [0.2, 0.25) is 0 Å². The first kappa shape index (κ1) is 19.3. The first-order chi connectivity index (χ1) is 13.1. The molecule has 0 saturated carbocycles. The number of aromatic carboxylic acids is 1. The van der Waals surface area contributed by atoms with Gasteiger partial charge in [0, 0.05) is 12.3 Å². The van der Waals surface area contributed by atoms with Gasteiger partial charge < -0.3 is 10.4 Å². The SMILES string of the molecule is O=C(O)c1cn(-c2ccc(F)cc2F)c2nc(NCC(F)(F)F)ccc2c1=O. The Morgan fingerprint density at radius 1 is 1.18 bits per heavy atom. The van der Waals surface area contributed by atoms with Gasteiger partial charge in [-0.3, -0.25) is 9.36 Å². The van der Waals surface area contributed by atoms with Crippen LogP contribution in [0.15, 0.2) is 41.3 Å². The summed E-state index contributed by atoms with van der Waals surface area (Å²) in [7, 11) is 0. The molecular weight excluding hydrogens is 389 g/mol. The summed E-state index contributed by atoms with van der Waals surface area (Å²) < 4.78 is 65.5. The average Bonchev–Trinajstić information content (AvgIpc) is 2.60. The molecule has 0 atom stereocenters. The Labute approximate surface area is 152 Å². The summed E-state index contributed by atoms with van der Waals surface area (Å²) >= 11 is 0. The Morgan fingerprint density at radius 3 is 2.50 bits per heavy atom. The summed E-state index contributed by atoms with van der Waals surface area (Å²) in [6, 6.07) is 4.55. The van der Waals surface area contributed by atoms with Crippen molar-refractivity contribution < 1.29 is 31.9 Å². The molecule has 2 aromatic heterocycles. The van der Waals surface area contributed by atoms with Crippen molar-refractivity contribution >= 4 is 22.8 Å². The highest BCUT2D eigenvalue weighted by Gasteiger charge is 2.27. The minimum absolute atomic E-state index is 0.263. The molecule has 0 aliphatic rings. The first-order valence-corrected chi connectivity index (χ1v) is 7.62. The van der Waals surface area contributed by atoms with Crippen molar-refractivity contribution in [2.24, 2.45) is 0 Å². The predicted molar refractivity (Wildman–Crippen MR) is 88.8 cm³/mol. The van der Waals surface area contributed by atoms with Crippen molar-refractivity contribution in [3.8, 4) is 5.69 Å². The number of halogens is 5. The second-order valence-electron chi connectivity index (χ2n) is 5.68. The number of alkyl halides is 3. The number of anilines is 1. The minimum atomic E-state index is -4.54. The number of rotatable bonds is 4. The van der Waals surface area contributed by atoms with E-state index >= 15 is 0 Å². The second-order valence-corrected chi connectivity index (χ2v) is 5.68. The fraction of sp³-hybridized carbons (Fsp3) is 0.118. The molecule has 0 saturated heterocycles. The van der Waals surface area contributed by atoms with Crippen molar-refractivity contribution in [1.82, 2.24) is 9.55 Å². The van der Waals surface area contributed by atoms with Gasteiger partial charge in [-0.1, -0.05) is 0 Å². The number of fused-ring (bicyclic) bond motifs is 1. The fourth-order valence-electron chi connectivity index (χ4n) is 2.51. The maximum Gasteiger partial charge on any atom is 0.405 e. The number of carboxylic acids is 1. The van der Waals surface area contributed by atoms with Crippen LogP contribution < -0.4 is 10.7 Å². The van der Waals surface area contributed by atoms with Gasteiger partial charge in [-0.25, -0.2) is 18.6 Å². The molecule has 0 fully saturated rings. The Bertz CT molecular complexity index is 1140. The molecule has 1 aromatic carbocycles. The molecule has 0 bridgehead atoms. The van der Waals surface area contributed by atoms with Crippen molar-refractivity contribution in [3.63, 3.8) is 0 Å². The number of nitrogens with one attached hydrogen (secondary N) is 1. The van der Waals surface area contributed by atoms with Gasteiger partial charge in [0.2, 0.25) is 5.43 Å². The highest BCUT2D eigenvalue weighted by molar-refractivity contribution is 5.92. The fourth-order valence-corrected chi connectivity index (χ4v) is 2.51. The largest absolute Gasteiger partial charge is 0.477 e. The summed E-state index contributed by atoms with van der Waals surface area (Å²) in [6.07, 6.45) is -3.75. The maximum absolute atomic E-state index is 14.2. The van der Waals surface area contributed by atoms with E-state index in [4.69, 9.17) is 0 Å². The van der Waals surface area contributed by atoms with Crippen LogP contribution in [-0.4, -0.2) is 33.3 Å². The average molecular weight is 399 g/mol. The van der Waals surface area contributed by atoms with E-state index in [2.05, 4.69) is 4.98 Å². The molecule has 0 radical (unpaired) electrons. The number of pyridine rings is 2. The van der Waals surface area contributed by atoms with E-state index in [-0.39, 0.29) is 22.5 Å². The van der Waals surface area contributed by atoms with Crippen molar-refractivity contribution in [2.45, 2.75) is 6.18 Å². The standard InChI is InChI=1S/C17H10F5N3O3/c18-8-1-3-12(11(19)5-8)25-6-10(16(27)28)14(26)9-2-4-13(24-15(9)25)23-7-17(20,21)22/h1-6H,7H2,(H,23,24)(H,27,28). The molecule has 0 aliphatic heterocycles. The molecule has 0 aliphatic carbocycles. The number of hydrogen-bond donors (Lipinski definition) is 2. The molecule has 3 rings (SSSR count). The zero-order valence-corrected chi connectivity index (χ0v) is 13.7. The van der Waals surface area contributed by atoms with Crippen LogP contribution in [0.3, 0.4) is 0 Å². The Kier molecular flexibility index (Phi) is 4.75.